The van der Waals surface area contributed by atoms with E-state index in [2.05, 4.69) is 35.4 Å². The van der Waals surface area contributed by atoms with Gasteiger partial charge < -0.3 is 16.0 Å². The summed E-state index contributed by atoms with van der Waals surface area (Å²) in [5.74, 6) is 0. The molecule has 0 radical (unpaired) electrons. The zero-order chi connectivity index (χ0) is 13.7. The van der Waals surface area contributed by atoms with Gasteiger partial charge in [0.25, 0.3) is 0 Å². The lowest BCUT2D eigenvalue weighted by Gasteiger charge is -2.13. The fourth-order valence-corrected chi connectivity index (χ4v) is 2.12. The van der Waals surface area contributed by atoms with Gasteiger partial charge in [-0.05, 0) is 39.5 Å². The van der Waals surface area contributed by atoms with E-state index >= 15 is 0 Å². The van der Waals surface area contributed by atoms with E-state index in [4.69, 9.17) is 5.73 Å². The van der Waals surface area contributed by atoms with Crippen molar-refractivity contribution in [2.75, 3.05) is 38.2 Å². The van der Waals surface area contributed by atoms with Crippen LogP contribution in [0.15, 0.2) is 30.5 Å². The van der Waals surface area contributed by atoms with Crippen LogP contribution in [0.3, 0.4) is 0 Å². The maximum absolute atomic E-state index is 6.02. The van der Waals surface area contributed by atoms with Gasteiger partial charge in [-0.2, -0.15) is 0 Å². The Kier molecular flexibility index (Phi) is 4.58. The molecule has 0 atom stereocenters. The summed E-state index contributed by atoms with van der Waals surface area (Å²) in [4.78, 5) is 6.54. The van der Waals surface area contributed by atoms with Crippen molar-refractivity contribution in [1.82, 2.24) is 9.88 Å². The molecule has 102 valence electrons. The second-order valence-electron chi connectivity index (χ2n) is 5.04. The molecule has 0 amide bonds. The fraction of sp³-hybridized carbons (Fsp3) is 0.400. The lowest BCUT2D eigenvalue weighted by Crippen LogP contribution is -2.14. The Morgan fingerprint density at radius 1 is 1.21 bits per heavy atom. The molecule has 0 saturated carbocycles. The maximum atomic E-state index is 6.02. The molecule has 1 aromatic carbocycles. The Morgan fingerprint density at radius 3 is 2.79 bits per heavy atom. The summed E-state index contributed by atoms with van der Waals surface area (Å²) in [6, 6.07) is 8.07. The van der Waals surface area contributed by atoms with Crippen LogP contribution in [0.5, 0.6) is 0 Å². The summed E-state index contributed by atoms with van der Waals surface area (Å²) in [5, 5.41) is 4.54. The Balaban J connectivity index is 2.01. The van der Waals surface area contributed by atoms with E-state index in [-0.39, 0.29) is 0 Å². The molecule has 0 spiro atoms. The van der Waals surface area contributed by atoms with Crippen LogP contribution in [0.1, 0.15) is 12.8 Å². The van der Waals surface area contributed by atoms with Crippen LogP contribution in [0.25, 0.3) is 10.9 Å². The zero-order valence-electron chi connectivity index (χ0n) is 11.7. The molecular weight excluding hydrogens is 236 g/mol. The molecule has 0 aliphatic rings. The molecule has 1 heterocycles. The number of hydrogen-bond acceptors (Lipinski definition) is 4. The van der Waals surface area contributed by atoms with Gasteiger partial charge in [0.15, 0.2) is 0 Å². The summed E-state index contributed by atoms with van der Waals surface area (Å²) in [7, 11) is 4.20. The Bertz CT molecular complexity index is 537. The summed E-state index contributed by atoms with van der Waals surface area (Å²) >= 11 is 0. The van der Waals surface area contributed by atoms with E-state index in [1.165, 1.54) is 6.42 Å². The first-order valence-corrected chi connectivity index (χ1v) is 6.70. The van der Waals surface area contributed by atoms with Crippen LogP contribution in [0.2, 0.25) is 0 Å². The van der Waals surface area contributed by atoms with E-state index in [1.54, 1.807) is 6.20 Å². The third-order valence-electron chi connectivity index (χ3n) is 3.14. The summed E-state index contributed by atoms with van der Waals surface area (Å²) < 4.78 is 0. The summed E-state index contributed by atoms with van der Waals surface area (Å²) in [6.07, 6.45) is 4.04. The van der Waals surface area contributed by atoms with Gasteiger partial charge in [-0.3, -0.25) is 4.98 Å². The van der Waals surface area contributed by atoms with Crippen molar-refractivity contribution in [2.24, 2.45) is 0 Å². The molecular formula is C15H22N4. The average Bonchev–Trinajstić information content (AvgIpc) is 2.40. The molecule has 0 bridgehead atoms. The number of benzene rings is 1. The van der Waals surface area contributed by atoms with Gasteiger partial charge >= 0.3 is 0 Å². The molecule has 0 aliphatic carbocycles. The van der Waals surface area contributed by atoms with Crippen molar-refractivity contribution in [2.45, 2.75) is 12.8 Å². The first kappa shape index (κ1) is 13.6. The molecule has 2 aromatic rings. The third kappa shape index (κ3) is 3.58. The van der Waals surface area contributed by atoms with E-state index in [9.17, 15) is 0 Å². The van der Waals surface area contributed by atoms with Crippen molar-refractivity contribution >= 4 is 22.3 Å². The number of nitrogens with zero attached hydrogens (tertiary/aromatic N) is 2. The van der Waals surface area contributed by atoms with Crippen LogP contribution < -0.4 is 11.1 Å². The molecule has 2 rings (SSSR count). The van der Waals surface area contributed by atoms with Gasteiger partial charge in [0.05, 0.1) is 23.1 Å². The highest BCUT2D eigenvalue weighted by Crippen LogP contribution is 2.27. The predicted molar refractivity (Wildman–Crippen MR) is 82.4 cm³/mol. The molecule has 4 nitrogen and oxygen atoms in total. The topological polar surface area (TPSA) is 54.2 Å². The van der Waals surface area contributed by atoms with Gasteiger partial charge in [0, 0.05) is 11.9 Å². The van der Waals surface area contributed by atoms with Crippen LogP contribution in [-0.2, 0) is 0 Å². The second-order valence-corrected chi connectivity index (χ2v) is 5.04. The average molecular weight is 258 g/mol. The molecule has 0 saturated heterocycles. The highest BCUT2D eigenvalue weighted by Gasteiger charge is 2.05. The minimum atomic E-state index is 0.714. The van der Waals surface area contributed by atoms with Crippen LogP contribution >= 0.6 is 0 Å². The van der Waals surface area contributed by atoms with Crippen LogP contribution in [-0.4, -0.2) is 37.1 Å². The molecule has 4 heteroatoms. The predicted octanol–water partition coefficient (Wildman–Crippen LogP) is 2.57. The number of nitrogens with one attached hydrogen (secondary N) is 1. The quantitative estimate of drug-likeness (QED) is 0.782. The van der Waals surface area contributed by atoms with Crippen molar-refractivity contribution < 1.29 is 0 Å². The first-order chi connectivity index (χ1) is 9.18. The Labute approximate surface area is 114 Å². The standard InChI is InChI=1S/C15H22N4/c1-19(2)10-6-5-9-17-15-12-7-3-4-8-14(12)18-11-13(15)16/h3-4,7-8,11H,5-6,9-10,16H2,1-2H3,(H,17,18). The normalized spacial score (nSPS) is 11.1. The van der Waals surface area contributed by atoms with E-state index in [0.717, 1.165) is 36.1 Å². The molecule has 0 fully saturated rings. The van der Waals surface area contributed by atoms with Gasteiger partial charge in [-0.25, -0.2) is 0 Å². The Morgan fingerprint density at radius 2 is 2.00 bits per heavy atom. The summed E-state index contributed by atoms with van der Waals surface area (Å²) in [5.41, 5.74) is 8.72. The van der Waals surface area contributed by atoms with Crippen LogP contribution in [0, 0.1) is 0 Å². The van der Waals surface area contributed by atoms with E-state index in [0.29, 0.717) is 5.69 Å². The SMILES string of the molecule is CN(C)CCCCNc1c(N)cnc2ccccc12. The highest BCUT2D eigenvalue weighted by molar-refractivity contribution is 5.96. The number of nitrogens with two attached hydrogens (primary N) is 1. The third-order valence-corrected chi connectivity index (χ3v) is 3.14. The largest absolute Gasteiger partial charge is 0.396 e. The number of rotatable bonds is 6. The van der Waals surface area contributed by atoms with Gasteiger partial charge in [0.2, 0.25) is 0 Å². The Hall–Kier alpha value is -1.81. The number of para-hydroxylation sites is 1. The number of pyridine rings is 1. The number of aromatic nitrogens is 1. The van der Waals surface area contributed by atoms with Crippen molar-refractivity contribution in [3.8, 4) is 0 Å². The van der Waals surface area contributed by atoms with Gasteiger partial charge in [-0.1, -0.05) is 18.2 Å². The number of fused-ring (bicyclic) bond motifs is 1. The minimum absolute atomic E-state index is 0.714. The van der Waals surface area contributed by atoms with Crippen LogP contribution in [0.4, 0.5) is 11.4 Å². The maximum Gasteiger partial charge on any atom is 0.0743 e. The summed E-state index contributed by atoms with van der Waals surface area (Å²) in [6.45, 7) is 2.06. The van der Waals surface area contributed by atoms with E-state index < -0.39 is 0 Å². The molecule has 3 N–H and O–H groups in total. The zero-order valence-corrected chi connectivity index (χ0v) is 11.7. The number of unbranched alkanes of at least 4 members (excludes halogenated alkanes) is 1. The van der Waals surface area contributed by atoms with Crippen molar-refractivity contribution in [3.05, 3.63) is 30.5 Å². The molecule has 19 heavy (non-hydrogen) atoms. The first-order valence-electron chi connectivity index (χ1n) is 6.70. The van der Waals surface area contributed by atoms with Crippen molar-refractivity contribution in [3.63, 3.8) is 0 Å². The number of anilines is 2. The molecule has 1 aromatic heterocycles. The fourth-order valence-electron chi connectivity index (χ4n) is 2.12. The highest BCUT2D eigenvalue weighted by atomic mass is 15.0. The van der Waals surface area contributed by atoms with Gasteiger partial charge in [0.1, 0.15) is 0 Å². The smallest absolute Gasteiger partial charge is 0.0743 e. The number of hydrogen-bond donors (Lipinski definition) is 2. The lowest BCUT2D eigenvalue weighted by atomic mass is 10.1. The lowest BCUT2D eigenvalue weighted by molar-refractivity contribution is 0.396. The van der Waals surface area contributed by atoms with Gasteiger partial charge in [-0.15, -0.1) is 0 Å². The van der Waals surface area contributed by atoms with E-state index in [1.807, 2.05) is 18.2 Å². The monoisotopic (exact) mass is 258 g/mol. The second kappa shape index (κ2) is 6.38. The molecule has 0 unspecified atom stereocenters. The van der Waals surface area contributed by atoms with Crippen molar-refractivity contribution in [1.29, 1.82) is 0 Å². The molecule has 0 aliphatic heterocycles. The number of nitrogen functional groups attached to an aromatic ring is 1. The minimum Gasteiger partial charge on any atom is -0.396 e.